The van der Waals surface area contributed by atoms with Gasteiger partial charge in [-0.1, -0.05) is 23.3 Å². The van der Waals surface area contributed by atoms with Crippen molar-refractivity contribution in [3.8, 4) is 5.69 Å². The summed E-state index contributed by atoms with van der Waals surface area (Å²) in [4.78, 5) is 12.4. The average molecular weight is 247 g/mol. The number of carboxylic acid groups (broad SMARTS) is 1. The first-order chi connectivity index (χ1) is 8.72. The van der Waals surface area contributed by atoms with E-state index in [1.165, 1.54) is 4.68 Å². The molecule has 0 saturated heterocycles. The van der Waals surface area contributed by atoms with E-state index >= 15 is 0 Å². The number of hydrogen-bond donors (Lipinski definition) is 1. The van der Waals surface area contributed by atoms with E-state index in [0.717, 1.165) is 5.69 Å². The number of aliphatic carboxylic acids is 1. The third kappa shape index (κ3) is 2.45. The number of carbonyl (C=O) groups is 1. The lowest BCUT2D eigenvalue weighted by atomic mass is 10.3. The number of tetrazole rings is 1. The van der Waals surface area contributed by atoms with Crippen LogP contribution in [-0.2, 0) is 4.79 Å². The van der Waals surface area contributed by atoms with Gasteiger partial charge in [0.2, 0.25) is 0 Å². The Kier molecular flexibility index (Phi) is 3.52. The SMILES string of the molecule is CCN(CC(=O)O)c1nnnn1-c1ccccc1. The Labute approximate surface area is 104 Å². The lowest BCUT2D eigenvalue weighted by molar-refractivity contribution is -0.135. The molecule has 0 aliphatic rings. The van der Waals surface area contributed by atoms with Crippen LogP contribution >= 0.6 is 0 Å². The van der Waals surface area contributed by atoms with Crippen LogP contribution in [0, 0.1) is 0 Å². The van der Waals surface area contributed by atoms with Crippen molar-refractivity contribution in [2.24, 2.45) is 0 Å². The Morgan fingerprint density at radius 3 is 2.72 bits per heavy atom. The molecular formula is C11H13N5O2. The highest BCUT2D eigenvalue weighted by Crippen LogP contribution is 2.14. The fourth-order valence-corrected chi connectivity index (χ4v) is 1.60. The Morgan fingerprint density at radius 1 is 1.39 bits per heavy atom. The van der Waals surface area contributed by atoms with Gasteiger partial charge in [0, 0.05) is 6.54 Å². The highest BCUT2D eigenvalue weighted by Gasteiger charge is 2.16. The molecule has 1 aromatic heterocycles. The van der Waals surface area contributed by atoms with Gasteiger partial charge < -0.3 is 10.0 Å². The number of likely N-dealkylation sites (N-methyl/N-ethyl adjacent to an activating group) is 1. The Balaban J connectivity index is 2.35. The van der Waals surface area contributed by atoms with Crippen molar-refractivity contribution in [2.45, 2.75) is 6.92 Å². The summed E-state index contributed by atoms with van der Waals surface area (Å²) >= 11 is 0. The van der Waals surface area contributed by atoms with E-state index in [1.54, 1.807) is 4.90 Å². The summed E-state index contributed by atoms with van der Waals surface area (Å²) in [5, 5.41) is 20.2. The van der Waals surface area contributed by atoms with Crippen LogP contribution < -0.4 is 4.90 Å². The van der Waals surface area contributed by atoms with E-state index in [9.17, 15) is 4.79 Å². The molecule has 7 heteroatoms. The predicted octanol–water partition coefficient (Wildman–Crippen LogP) is 0.573. The average Bonchev–Trinajstić information content (AvgIpc) is 2.86. The first-order valence-corrected chi connectivity index (χ1v) is 5.53. The molecule has 1 aromatic carbocycles. The van der Waals surface area contributed by atoms with Gasteiger partial charge in [0.25, 0.3) is 5.95 Å². The highest BCUT2D eigenvalue weighted by molar-refractivity contribution is 5.72. The van der Waals surface area contributed by atoms with Crippen LogP contribution in [-0.4, -0.2) is 44.4 Å². The van der Waals surface area contributed by atoms with E-state index < -0.39 is 5.97 Å². The van der Waals surface area contributed by atoms with Gasteiger partial charge in [-0.2, -0.15) is 4.68 Å². The highest BCUT2D eigenvalue weighted by atomic mass is 16.4. The molecule has 0 atom stereocenters. The van der Waals surface area contributed by atoms with Crippen LogP contribution in [0.15, 0.2) is 30.3 Å². The van der Waals surface area contributed by atoms with Crippen LogP contribution in [0.4, 0.5) is 5.95 Å². The van der Waals surface area contributed by atoms with E-state index in [-0.39, 0.29) is 6.54 Å². The molecule has 0 aliphatic carbocycles. The summed E-state index contributed by atoms with van der Waals surface area (Å²) in [5.74, 6) is -0.495. The molecule has 7 nitrogen and oxygen atoms in total. The van der Waals surface area contributed by atoms with Gasteiger partial charge in [0.15, 0.2) is 0 Å². The summed E-state index contributed by atoms with van der Waals surface area (Å²) in [6.07, 6.45) is 0. The predicted molar refractivity (Wildman–Crippen MR) is 64.7 cm³/mol. The van der Waals surface area contributed by atoms with Gasteiger partial charge in [0.1, 0.15) is 6.54 Å². The van der Waals surface area contributed by atoms with Gasteiger partial charge in [-0.3, -0.25) is 4.79 Å². The second-order valence-corrected chi connectivity index (χ2v) is 3.63. The molecule has 0 spiro atoms. The van der Waals surface area contributed by atoms with E-state index in [2.05, 4.69) is 15.5 Å². The third-order valence-corrected chi connectivity index (χ3v) is 2.44. The molecule has 2 rings (SSSR count). The van der Waals surface area contributed by atoms with Crippen LogP contribution in [0.1, 0.15) is 6.92 Å². The quantitative estimate of drug-likeness (QED) is 0.831. The Morgan fingerprint density at radius 2 is 2.11 bits per heavy atom. The smallest absolute Gasteiger partial charge is 0.323 e. The number of aromatic nitrogens is 4. The Bertz CT molecular complexity index is 525. The minimum Gasteiger partial charge on any atom is -0.480 e. The van der Waals surface area contributed by atoms with Gasteiger partial charge in [-0.15, -0.1) is 0 Å². The first kappa shape index (κ1) is 12.0. The zero-order valence-corrected chi connectivity index (χ0v) is 9.89. The van der Waals surface area contributed by atoms with Crippen LogP contribution in [0.25, 0.3) is 5.69 Å². The van der Waals surface area contributed by atoms with Crippen molar-refractivity contribution in [3.05, 3.63) is 30.3 Å². The van der Waals surface area contributed by atoms with Gasteiger partial charge >= 0.3 is 5.97 Å². The summed E-state index contributed by atoms with van der Waals surface area (Å²) in [6.45, 7) is 2.23. The normalized spacial score (nSPS) is 10.3. The molecule has 1 N–H and O–H groups in total. The van der Waals surface area contributed by atoms with Crippen molar-refractivity contribution < 1.29 is 9.90 Å². The van der Waals surface area contributed by atoms with Crippen LogP contribution in [0.5, 0.6) is 0 Å². The minimum absolute atomic E-state index is 0.135. The van der Waals surface area contributed by atoms with Crippen molar-refractivity contribution in [3.63, 3.8) is 0 Å². The van der Waals surface area contributed by atoms with Crippen LogP contribution in [0.3, 0.4) is 0 Å². The molecule has 0 saturated carbocycles. The van der Waals surface area contributed by atoms with E-state index in [0.29, 0.717) is 12.5 Å². The number of para-hydroxylation sites is 1. The zero-order valence-electron chi connectivity index (χ0n) is 9.89. The number of benzene rings is 1. The number of carboxylic acids is 1. The fraction of sp³-hybridized carbons (Fsp3) is 0.273. The fourth-order valence-electron chi connectivity index (χ4n) is 1.60. The molecule has 94 valence electrons. The van der Waals surface area contributed by atoms with Gasteiger partial charge in [-0.05, 0) is 29.5 Å². The molecule has 0 unspecified atom stereocenters. The largest absolute Gasteiger partial charge is 0.480 e. The first-order valence-electron chi connectivity index (χ1n) is 5.53. The number of nitrogens with zero attached hydrogens (tertiary/aromatic N) is 5. The Hall–Kier alpha value is -2.44. The van der Waals surface area contributed by atoms with Gasteiger partial charge in [-0.25, -0.2) is 0 Å². The maximum atomic E-state index is 10.8. The summed E-state index contributed by atoms with van der Waals surface area (Å²) in [7, 11) is 0. The monoisotopic (exact) mass is 247 g/mol. The number of anilines is 1. The van der Waals surface area contributed by atoms with E-state index in [4.69, 9.17) is 5.11 Å². The topological polar surface area (TPSA) is 84.1 Å². The van der Waals surface area contributed by atoms with Crippen LogP contribution in [0.2, 0.25) is 0 Å². The second kappa shape index (κ2) is 5.26. The van der Waals surface area contributed by atoms with Crippen molar-refractivity contribution in [1.29, 1.82) is 0 Å². The third-order valence-electron chi connectivity index (χ3n) is 2.44. The van der Waals surface area contributed by atoms with Crippen molar-refractivity contribution in [2.75, 3.05) is 18.0 Å². The second-order valence-electron chi connectivity index (χ2n) is 3.63. The van der Waals surface area contributed by atoms with Gasteiger partial charge in [0.05, 0.1) is 5.69 Å². The molecule has 0 radical (unpaired) electrons. The molecule has 1 heterocycles. The molecule has 18 heavy (non-hydrogen) atoms. The summed E-state index contributed by atoms with van der Waals surface area (Å²) in [5.41, 5.74) is 0.793. The molecular weight excluding hydrogens is 234 g/mol. The maximum absolute atomic E-state index is 10.8. The van der Waals surface area contributed by atoms with Crippen molar-refractivity contribution in [1.82, 2.24) is 20.2 Å². The van der Waals surface area contributed by atoms with E-state index in [1.807, 2.05) is 37.3 Å². The molecule has 0 amide bonds. The molecule has 0 bridgehead atoms. The number of hydrogen-bond acceptors (Lipinski definition) is 5. The summed E-state index contributed by atoms with van der Waals surface area (Å²) < 4.78 is 1.52. The molecule has 2 aromatic rings. The lowest BCUT2D eigenvalue weighted by Crippen LogP contribution is -2.31. The lowest BCUT2D eigenvalue weighted by Gasteiger charge is -2.18. The van der Waals surface area contributed by atoms with Crippen molar-refractivity contribution >= 4 is 11.9 Å². The molecule has 0 aliphatic heterocycles. The zero-order chi connectivity index (χ0) is 13.0. The summed E-state index contributed by atoms with van der Waals surface area (Å²) in [6, 6.07) is 9.34. The number of rotatable bonds is 5. The minimum atomic E-state index is -0.917. The maximum Gasteiger partial charge on any atom is 0.323 e. The standard InChI is InChI=1S/C11H13N5O2/c1-2-15(8-10(17)18)11-12-13-14-16(11)9-6-4-3-5-7-9/h3-7H,2,8H2,1H3,(H,17,18). The molecule has 0 fully saturated rings.